The maximum Gasteiger partial charge on any atom is -0.000719 e. The third kappa shape index (κ3) is 5.62. The van der Waals surface area contributed by atoms with Crippen molar-refractivity contribution >= 4 is 86.2 Å². The lowest BCUT2D eigenvalue weighted by Gasteiger charge is -2.21. The molecule has 0 fully saturated rings. The molecule has 0 saturated heterocycles. The topological polar surface area (TPSA) is 0 Å². The maximum atomic E-state index is 2.60. The zero-order chi connectivity index (χ0) is 49.6. The number of fused-ring (bicyclic) bond motifs is 11. The molecule has 0 aromatic heterocycles. The van der Waals surface area contributed by atoms with Crippen LogP contribution in [0.4, 0.5) is 0 Å². The quantitative estimate of drug-likeness (QED) is 0.156. The van der Waals surface area contributed by atoms with E-state index in [0.717, 1.165) is 0 Å². The van der Waals surface area contributed by atoms with Gasteiger partial charge in [0.15, 0.2) is 0 Å². The molecule has 0 saturated carbocycles. The molecule has 16 aromatic carbocycles. The van der Waals surface area contributed by atoms with Crippen molar-refractivity contribution in [1.82, 2.24) is 0 Å². The average Bonchev–Trinajstić information content (AvgIpc) is 4.30. The predicted octanol–water partition coefficient (Wildman–Crippen LogP) is 21.4. The maximum absolute atomic E-state index is 2.60. The van der Waals surface area contributed by atoms with Crippen LogP contribution in [0.3, 0.4) is 0 Å². The highest BCUT2D eigenvalue weighted by molar-refractivity contribution is 6.44. The van der Waals surface area contributed by atoms with Gasteiger partial charge in [-0.05, 0) is 187 Å². The molecule has 0 heterocycles. The highest BCUT2D eigenvalue weighted by Crippen LogP contribution is 2.61. The monoisotopic (exact) mass is 956 g/mol. The smallest absolute Gasteiger partial charge is 0.000719 e. The first-order valence-corrected chi connectivity index (χ1v) is 26.6. The van der Waals surface area contributed by atoms with Crippen molar-refractivity contribution in [3.05, 3.63) is 267 Å². The van der Waals surface area contributed by atoms with Gasteiger partial charge in [0, 0.05) is 0 Å². The predicted molar refractivity (Wildman–Crippen MR) is 326 cm³/mol. The average molecular weight is 957 g/mol. The first kappa shape index (κ1) is 41.6. The van der Waals surface area contributed by atoms with E-state index >= 15 is 0 Å². The Labute approximate surface area is 439 Å². The van der Waals surface area contributed by atoms with Crippen LogP contribution < -0.4 is 0 Å². The van der Waals surface area contributed by atoms with Gasteiger partial charge in [0.05, 0.1) is 0 Å². The van der Waals surface area contributed by atoms with E-state index in [-0.39, 0.29) is 0 Å². The Hall–Kier alpha value is -9.88. The molecule has 0 aliphatic heterocycles. The number of hydrogen-bond donors (Lipinski definition) is 0. The van der Waals surface area contributed by atoms with Crippen molar-refractivity contribution in [3.8, 4) is 89.0 Å². The van der Waals surface area contributed by atoms with Crippen LogP contribution in [0.1, 0.15) is 0 Å². The SMILES string of the molecule is c1ccc(-c2ccccc2-c2c3cc4c(cc3c(-c3ccccc3-c3ccccc3)c3c5cccc6cccc(c23)c65)c2ccc3c5c(ccc4c52)-c2c-3c(-c3ccccc3)c3ccccc3c2-c2ccccc2)cc1. The first-order chi connectivity index (χ1) is 37.8. The van der Waals surface area contributed by atoms with Gasteiger partial charge in [-0.3, -0.25) is 0 Å². The Morgan fingerprint density at radius 2 is 0.513 bits per heavy atom. The zero-order valence-corrected chi connectivity index (χ0v) is 41.4. The first-order valence-electron chi connectivity index (χ1n) is 26.6. The second-order valence-electron chi connectivity index (χ2n) is 20.8. The molecular formula is C76H44. The van der Waals surface area contributed by atoms with Gasteiger partial charge in [-0.25, -0.2) is 0 Å². The van der Waals surface area contributed by atoms with Gasteiger partial charge in [-0.2, -0.15) is 0 Å². The third-order valence-corrected chi connectivity index (χ3v) is 17.1. The van der Waals surface area contributed by atoms with Crippen LogP contribution in [-0.4, -0.2) is 0 Å². The molecule has 17 rings (SSSR count). The normalized spacial score (nSPS) is 12.2. The fourth-order valence-corrected chi connectivity index (χ4v) is 14.1. The van der Waals surface area contributed by atoms with E-state index in [1.165, 1.54) is 175 Å². The summed E-state index contributed by atoms with van der Waals surface area (Å²) in [5.74, 6) is 0. The minimum absolute atomic E-state index is 1.21. The summed E-state index contributed by atoms with van der Waals surface area (Å²) in [6.45, 7) is 0. The summed E-state index contributed by atoms with van der Waals surface area (Å²) in [4.78, 5) is 0. The van der Waals surface area contributed by atoms with Crippen molar-refractivity contribution < 1.29 is 0 Å². The molecule has 0 spiro atoms. The molecule has 0 amide bonds. The molecule has 1 aliphatic rings. The van der Waals surface area contributed by atoms with Crippen molar-refractivity contribution in [3.63, 3.8) is 0 Å². The Morgan fingerprint density at radius 3 is 0.947 bits per heavy atom. The van der Waals surface area contributed by atoms with Crippen LogP contribution in [0.15, 0.2) is 267 Å². The van der Waals surface area contributed by atoms with Gasteiger partial charge in [0.25, 0.3) is 0 Å². The Kier molecular flexibility index (Phi) is 8.65. The van der Waals surface area contributed by atoms with E-state index < -0.39 is 0 Å². The van der Waals surface area contributed by atoms with E-state index in [1.54, 1.807) is 0 Å². The summed E-state index contributed by atoms with van der Waals surface area (Å²) in [7, 11) is 0. The molecule has 0 radical (unpaired) electrons. The van der Waals surface area contributed by atoms with Crippen molar-refractivity contribution in [2.24, 2.45) is 0 Å². The Morgan fingerprint density at radius 1 is 0.145 bits per heavy atom. The van der Waals surface area contributed by atoms with Gasteiger partial charge in [0.2, 0.25) is 0 Å². The van der Waals surface area contributed by atoms with Crippen LogP contribution in [0.25, 0.3) is 175 Å². The van der Waals surface area contributed by atoms with E-state index in [2.05, 4.69) is 267 Å². The Bertz CT molecular complexity index is 4740. The molecule has 0 bridgehead atoms. The highest BCUT2D eigenvalue weighted by atomic mass is 14.4. The van der Waals surface area contributed by atoms with Gasteiger partial charge in [-0.1, -0.05) is 255 Å². The molecule has 16 aromatic rings. The Balaban J connectivity index is 1.07. The molecule has 76 heavy (non-hydrogen) atoms. The summed E-state index contributed by atoms with van der Waals surface area (Å²) in [6, 6.07) is 100. The van der Waals surface area contributed by atoms with Crippen LogP contribution >= 0.6 is 0 Å². The molecule has 0 atom stereocenters. The summed E-state index contributed by atoms with van der Waals surface area (Å²) in [5, 5.41) is 20.7. The van der Waals surface area contributed by atoms with Crippen LogP contribution in [0.5, 0.6) is 0 Å². The lowest BCUT2D eigenvalue weighted by Crippen LogP contribution is -1.93. The second kappa shape index (κ2) is 15.8. The highest BCUT2D eigenvalue weighted by Gasteiger charge is 2.33. The fourth-order valence-electron chi connectivity index (χ4n) is 14.1. The molecule has 348 valence electrons. The minimum Gasteiger partial charge on any atom is -0.0622 e. The molecule has 1 aliphatic carbocycles. The van der Waals surface area contributed by atoms with E-state index in [1.807, 2.05) is 0 Å². The molecule has 0 heteroatoms. The fraction of sp³-hybridized carbons (Fsp3) is 0. The molecular weight excluding hydrogens is 913 g/mol. The van der Waals surface area contributed by atoms with Gasteiger partial charge in [0.1, 0.15) is 0 Å². The summed E-state index contributed by atoms with van der Waals surface area (Å²) in [6.07, 6.45) is 0. The van der Waals surface area contributed by atoms with Gasteiger partial charge in [-0.15, -0.1) is 0 Å². The van der Waals surface area contributed by atoms with E-state index in [9.17, 15) is 0 Å². The van der Waals surface area contributed by atoms with Gasteiger partial charge < -0.3 is 0 Å². The van der Waals surface area contributed by atoms with E-state index in [4.69, 9.17) is 0 Å². The summed E-state index contributed by atoms with van der Waals surface area (Å²) in [5.41, 5.74) is 20.3. The summed E-state index contributed by atoms with van der Waals surface area (Å²) >= 11 is 0. The molecule has 0 nitrogen and oxygen atoms in total. The summed E-state index contributed by atoms with van der Waals surface area (Å²) < 4.78 is 0. The van der Waals surface area contributed by atoms with Crippen LogP contribution in [0.2, 0.25) is 0 Å². The van der Waals surface area contributed by atoms with Crippen molar-refractivity contribution in [1.29, 1.82) is 0 Å². The minimum atomic E-state index is 1.21. The number of rotatable bonds is 6. The second-order valence-corrected chi connectivity index (χ2v) is 20.8. The number of benzene rings is 14. The van der Waals surface area contributed by atoms with E-state index in [0.29, 0.717) is 0 Å². The number of hydrogen-bond acceptors (Lipinski definition) is 0. The van der Waals surface area contributed by atoms with Crippen LogP contribution in [0, 0.1) is 0 Å². The lowest BCUT2D eigenvalue weighted by molar-refractivity contribution is 1.61. The molecule has 0 unspecified atom stereocenters. The van der Waals surface area contributed by atoms with Crippen molar-refractivity contribution in [2.75, 3.05) is 0 Å². The largest absolute Gasteiger partial charge is 0.0622 e. The van der Waals surface area contributed by atoms with Crippen LogP contribution in [-0.2, 0) is 0 Å². The lowest BCUT2D eigenvalue weighted by atomic mass is 9.82. The standard InChI is InChI=1S/C76H44/c1-5-21-45(22-6-1)50-31-13-15-33-52(50)70-64-43-62-56-39-41-60-72-61(74-68(49-27-11-4-12-28-49)55-36-18-17-35-54(55)67(73(60)74)48-25-9-3-10-26-48)42-40-57(69(56)72)63(62)44-65(64)71(53-34-16-14-32-51(53)46-23-7-2-8-24-46)76-59-38-20-30-47-29-19-37-58(66(47)59)75(70)76/h1-44H. The zero-order valence-electron chi connectivity index (χ0n) is 41.4. The molecule has 0 N–H and O–H groups in total. The van der Waals surface area contributed by atoms with Gasteiger partial charge >= 0.3 is 0 Å². The third-order valence-electron chi connectivity index (χ3n) is 17.1. The van der Waals surface area contributed by atoms with Crippen molar-refractivity contribution in [2.45, 2.75) is 0 Å².